The molecule has 0 N–H and O–H groups in total. The summed E-state index contributed by atoms with van der Waals surface area (Å²) in [5, 5.41) is 1.62. The molecule has 1 aromatic carbocycles. The van der Waals surface area contributed by atoms with Crippen molar-refractivity contribution in [1.82, 2.24) is 4.98 Å². The summed E-state index contributed by atoms with van der Waals surface area (Å²) in [4.78, 5) is 16.4. The van der Waals surface area contributed by atoms with E-state index in [0.29, 0.717) is 10.9 Å². The number of benzene rings is 1. The zero-order chi connectivity index (χ0) is 11.8. The first-order valence-corrected chi connectivity index (χ1v) is 6.69. The lowest BCUT2D eigenvalue weighted by molar-refractivity contribution is 0.112. The summed E-state index contributed by atoms with van der Waals surface area (Å²) in [6, 6.07) is 7.56. The van der Waals surface area contributed by atoms with Crippen molar-refractivity contribution in [2.24, 2.45) is 0 Å². The molecule has 1 aliphatic rings. The second-order valence-corrected chi connectivity index (χ2v) is 5.63. The summed E-state index contributed by atoms with van der Waals surface area (Å²) in [7, 11) is 0. The Morgan fingerprint density at radius 2 is 2.00 bits per heavy atom. The SMILES string of the molecule is O=Cc1sc(-c2ccc(Cl)cc2)nc1C1CC1. The maximum absolute atomic E-state index is 11.0. The second-order valence-electron chi connectivity index (χ2n) is 4.17. The number of carbonyl (C=O) groups excluding carboxylic acids is 1. The van der Waals surface area contributed by atoms with Crippen LogP contribution in [0.4, 0.5) is 0 Å². The highest BCUT2D eigenvalue weighted by atomic mass is 35.5. The van der Waals surface area contributed by atoms with Crippen LogP contribution in [-0.2, 0) is 0 Å². The smallest absolute Gasteiger partial charge is 0.161 e. The molecular weight excluding hydrogens is 254 g/mol. The number of nitrogens with zero attached hydrogens (tertiary/aromatic N) is 1. The van der Waals surface area contributed by atoms with Gasteiger partial charge in [-0.1, -0.05) is 23.7 Å². The highest BCUT2D eigenvalue weighted by Crippen LogP contribution is 2.43. The molecule has 0 unspecified atom stereocenters. The zero-order valence-electron chi connectivity index (χ0n) is 9.02. The Bertz CT molecular complexity index is 557. The van der Waals surface area contributed by atoms with Crippen molar-refractivity contribution in [2.75, 3.05) is 0 Å². The van der Waals surface area contributed by atoms with Crippen LogP contribution in [0.1, 0.15) is 34.1 Å². The lowest BCUT2D eigenvalue weighted by Crippen LogP contribution is -1.85. The molecule has 0 radical (unpaired) electrons. The molecular formula is C13H10ClNOS. The van der Waals surface area contributed by atoms with Crippen molar-refractivity contribution in [2.45, 2.75) is 18.8 Å². The van der Waals surface area contributed by atoms with E-state index < -0.39 is 0 Å². The van der Waals surface area contributed by atoms with Crippen molar-refractivity contribution >= 4 is 29.2 Å². The Balaban J connectivity index is 2.02. The van der Waals surface area contributed by atoms with Gasteiger partial charge in [-0.2, -0.15) is 0 Å². The lowest BCUT2D eigenvalue weighted by atomic mass is 10.2. The first kappa shape index (κ1) is 10.9. The number of hydrogen-bond acceptors (Lipinski definition) is 3. The molecule has 0 atom stereocenters. The van der Waals surface area contributed by atoms with Gasteiger partial charge in [0.05, 0.1) is 10.6 Å². The molecule has 0 amide bonds. The van der Waals surface area contributed by atoms with Crippen LogP contribution in [0, 0.1) is 0 Å². The molecule has 4 heteroatoms. The molecule has 1 heterocycles. The molecule has 2 nitrogen and oxygen atoms in total. The third-order valence-electron chi connectivity index (χ3n) is 2.84. The summed E-state index contributed by atoms with van der Waals surface area (Å²) in [5.41, 5.74) is 2.00. The van der Waals surface area contributed by atoms with E-state index in [1.807, 2.05) is 24.3 Å². The van der Waals surface area contributed by atoms with E-state index in [2.05, 4.69) is 4.98 Å². The molecule has 1 aromatic heterocycles. The Labute approximate surface area is 108 Å². The fourth-order valence-corrected chi connectivity index (χ4v) is 2.89. The first-order valence-electron chi connectivity index (χ1n) is 5.50. The summed E-state index contributed by atoms with van der Waals surface area (Å²) in [5.74, 6) is 0.507. The summed E-state index contributed by atoms with van der Waals surface area (Å²) < 4.78 is 0. The maximum Gasteiger partial charge on any atom is 0.161 e. The van der Waals surface area contributed by atoms with E-state index in [4.69, 9.17) is 11.6 Å². The highest BCUT2D eigenvalue weighted by molar-refractivity contribution is 7.16. The minimum absolute atomic E-state index is 0.507. The Morgan fingerprint density at radius 3 is 2.59 bits per heavy atom. The number of carbonyl (C=O) groups is 1. The standard InChI is InChI=1S/C13H10ClNOS/c14-10-5-3-9(4-6-10)13-15-12(8-1-2-8)11(7-16)17-13/h3-8H,1-2H2. The van der Waals surface area contributed by atoms with Crippen molar-refractivity contribution < 1.29 is 4.79 Å². The average Bonchev–Trinajstić information content (AvgIpc) is 3.10. The maximum atomic E-state index is 11.0. The fraction of sp³-hybridized carbons (Fsp3) is 0.231. The third kappa shape index (κ3) is 2.13. The van der Waals surface area contributed by atoms with Crippen LogP contribution >= 0.6 is 22.9 Å². The van der Waals surface area contributed by atoms with E-state index in [1.54, 1.807) is 0 Å². The quantitative estimate of drug-likeness (QED) is 0.779. The van der Waals surface area contributed by atoms with Gasteiger partial charge in [-0.25, -0.2) is 4.98 Å². The molecule has 1 saturated carbocycles. The number of thiazole rings is 1. The van der Waals surface area contributed by atoms with Crippen LogP contribution in [0.25, 0.3) is 10.6 Å². The average molecular weight is 264 g/mol. The molecule has 2 aromatic rings. The molecule has 0 saturated heterocycles. The number of hydrogen-bond donors (Lipinski definition) is 0. The van der Waals surface area contributed by atoms with E-state index in [0.717, 1.165) is 40.3 Å². The summed E-state index contributed by atoms with van der Waals surface area (Å²) in [6.45, 7) is 0. The van der Waals surface area contributed by atoms with Gasteiger partial charge in [-0.05, 0) is 25.0 Å². The van der Waals surface area contributed by atoms with Gasteiger partial charge < -0.3 is 0 Å². The van der Waals surface area contributed by atoms with Crippen LogP contribution in [0.5, 0.6) is 0 Å². The number of rotatable bonds is 3. The van der Waals surface area contributed by atoms with Gasteiger partial charge in [-0.15, -0.1) is 11.3 Å². The monoisotopic (exact) mass is 263 g/mol. The van der Waals surface area contributed by atoms with Gasteiger partial charge in [0.25, 0.3) is 0 Å². The topological polar surface area (TPSA) is 30.0 Å². The van der Waals surface area contributed by atoms with Crippen LogP contribution < -0.4 is 0 Å². The van der Waals surface area contributed by atoms with E-state index in [1.165, 1.54) is 11.3 Å². The van der Waals surface area contributed by atoms with Crippen LogP contribution in [-0.4, -0.2) is 11.3 Å². The van der Waals surface area contributed by atoms with Crippen molar-refractivity contribution in [3.05, 3.63) is 39.9 Å². The predicted molar refractivity (Wildman–Crippen MR) is 69.9 cm³/mol. The van der Waals surface area contributed by atoms with Gasteiger partial charge in [0.2, 0.25) is 0 Å². The Kier molecular flexibility index (Phi) is 2.73. The molecule has 1 fully saturated rings. The number of halogens is 1. The van der Waals surface area contributed by atoms with Crippen LogP contribution in [0.3, 0.4) is 0 Å². The molecule has 1 aliphatic carbocycles. The van der Waals surface area contributed by atoms with Gasteiger partial charge in [0.15, 0.2) is 6.29 Å². The second kappa shape index (κ2) is 4.24. The van der Waals surface area contributed by atoms with E-state index in [9.17, 15) is 4.79 Å². The molecule has 86 valence electrons. The van der Waals surface area contributed by atoms with Gasteiger partial charge in [-0.3, -0.25) is 4.79 Å². The summed E-state index contributed by atoms with van der Waals surface area (Å²) in [6.07, 6.45) is 3.24. The molecule has 0 bridgehead atoms. The minimum atomic E-state index is 0.507. The molecule has 17 heavy (non-hydrogen) atoms. The Morgan fingerprint density at radius 1 is 1.29 bits per heavy atom. The lowest BCUT2D eigenvalue weighted by Gasteiger charge is -1.95. The predicted octanol–water partition coefficient (Wildman–Crippen LogP) is 4.15. The van der Waals surface area contributed by atoms with Gasteiger partial charge in [0.1, 0.15) is 5.01 Å². The Hall–Kier alpha value is -1.19. The van der Waals surface area contributed by atoms with Crippen LogP contribution in [0.2, 0.25) is 5.02 Å². The fourth-order valence-electron chi connectivity index (χ4n) is 1.79. The number of aldehydes is 1. The molecule has 0 aliphatic heterocycles. The molecule has 3 rings (SSSR count). The molecule has 0 spiro atoms. The third-order valence-corrected chi connectivity index (χ3v) is 4.14. The van der Waals surface area contributed by atoms with Crippen molar-refractivity contribution in [3.8, 4) is 10.6 Å². The minimum Gasteiger partial charge on any atom is -0.297 e. The van der Waals surface area contributed by atoms with Gasteiger partial charge >= 0.3 is 0 Å². The largest absolute Gasteiger partial charge is 0.297 e. The van der Waals surface area contributed by atoms with Gasteiger partial charge in [0, 0.05) is 16.5 Å². The van der Waals surface area contributed by atoms with E-state index in [-0.39, 0.29) is 0 Å². The summed E-state index contributed by atoms with van der Waals surface area (Å²) >= 11 is 7.31. The van der Waals surface area contributed by atoms with Crippen molar-refractivity contribution in [1.29, 1.82) is 0 Å². The first-order chi connectivity index (χ1) is 8.28. The highest BCUT2D eigenvalue weighted by Gasteiger charge is 2.29. The van der Waals surface area contributed by atoms with Crippen molar-refractivity contribution in [3.63, 3.8) is 0 Å². The zero-order valence-corrected chi connectivity index (χ0v) is 10.6. The normalized spacial score (nSPS) is 14.9. The van der Waals surface area contributed by atoms with E-state index >= 15 is 0 Å². The number of aromatic nitrogens is 1. The van der Waals surface area contributed by atoms with Crippen LogP contribution in [0.15, 0.2) is 24.3 Å².